The van der Waals surface area contributed by atoms with E-state index in [-0.39, 0.29) is 5.91 Å². The molecule has 0 aliphatic carbocycles. The van der Waals surface area contributed by atoms with Gasteiger partial charge in [-0.3, -0.25) is 9.78 Å². The number of pyridine rings is 2. The van der Waals surface area contributed by atoms with Crippen LogP contribution in [0.15, 0.2) is 109 Å². The van der Waals surface area contributed by atoms with Gasteiger partial charge in [-0.15, -0.1) is 0 Å². The SMILES string of the molecule is CCc1cc(-c2cccnc2Oc2cc(C(=O)Nc3cccc(-c4ccccc4)c3)ccc2C)ccn1. The lowest BCUT2D eigenvalue weighted by molar-refractivity contribution is 0.102. The molecule has 0 spiro atoms. The van der Waals surface area contributed by atoms with Crippen molar-refractivity contribution in [2.75, 3.05) is 5.32 Å². The van der Waals surface area contributed by atoms with E-state index in [1.54, 1.807) is 24.5 Å². The van der Waals surface area contributed by atoms with Gasteiger partial charge >= 0.3 is 0 Å². The molecule has 0 saturated carbocycles. The molecule has 3 aromatic carbocycles. The molecule has 182 valence electrons. The van der Waals surface area contributed by atoms with E-state index in [0.29, 0.717) is 17.2 Å². The summed E-state index contributed by atoms with van der Waals surface area (Å²) in [6.07, 6.45) is 4.34. The van der Waals surface area contributed by atoms with Gasteiger partial charge in [0.25, 0.3) is 5.91 Å². The minimum Gasteiger partial charge on any atom is -0.438 e. The first kappa shape index (κ1) is 23.9. The van der Waals surface area contributed by atoms with Crippen molar-refractivity contribution in [1.29, 1.82) is 0 Å². The fraction of sp³-hybridized carbons (Fsp3) is 0.0938. The molecule has 5 aromatic rings. The second-order valence-electron chi connectivity index (χ2n) is 8.73. The summed E-state index contributed by atoms with van der Waals surface area (Å²) in [7, 11) is 0. The highest BCUT2D eigenvalue weighted by Crippen LogP contribution is 2.33. The van der Waals surface area contributed by atoms with Gasteiger partial charge in [0.15, 0.2) is 0 Å². The normalized spacial score (nSPS) is 10.6. The zero-order chi connectivity index (χ0) is 25.6. The molecular weight excluding hydrogens is 458 g/mol. The molecule has 0 unspecified atom stereocenters. The number of aromatic nitrogens is 2. The van der Waals surface area contributed by atoms with E-state index in [2.05, 4.69) is 22.2 Å². The molecule has 0 aliphatic heterocycles. The first-order chi connectivity index (χ1) is 18.1. The summed E-state index contributed by atoms with van der Waals surface area (Å²) in [5, 5.41) is 3.01. The highest BCUT2D eigenvalue weighted by atomic mass is 16.5. The minimum atomic E-state index is -0.210. The quantitative estimate of drug-likeness (QED) is 0.256. The number of carbonyl (C=O) groups excluding carboxylic acids is 1. The number of hydrogen-bond donors (Lipinski definition) is 1. The number of amides is 1. The first-order valence-electron chi connectivity index (χ1n) is 12.3. The first-order valence-corrected chi connectivity index (χ1v) is 12.3. The molecule has 2 aromatic heterocycles. The Morgan fingerprint density at radius 2 is 1.62 bits per heavy atom. The standard InChI is InChI=1S/C32H27N3O2/c1-3-27-20-25(16-18-33-27)29-13-8-17-34-32(29)37-30-21-26(15-14-22(30)2)31(36)35-28-12-7-11-24(19-28)23-9-5-4-6-10-23/h4-21H,3H2,1-2H3,(H,35,36). The average Bonchev–Trinajstić information content (AvgIpc) is 2.95. The van der Waals surface area contributed by atoms with Gasteiger partial charge in [0.05, 0.1) is 0 Å². The lowest BCUT2D eigenvalue weighted by Gasteiger charge is -2.14. The maximum absolute atomic E-state index is 13.1. The monoisotopic (exact) mass is 485 g/mol. The third-order valence-electron chi connectivity index (χ3n) is 6.15. The van der Waals surface area contributed by atoms with Gasteiger partial charge in [0, 0.05) is 34.9 Å². The van der Waals surface area contributed by atoms with Crippen LogP contribution in [0.25, 0.3) is 22.3 Å². The van der Waals surface area contributed by atoms with Gasteiger partial charge in [-0.05, 0) is 84.1 Å². The molecule has 1 N–H and O–H groups in total. The van der Waals surface area contributed by atoms with Crippen LogP contribution in [-0.2, 0) is 6.42 Å². The Hall–Kier alpha value is -4.77. The van der Waals surface area contributed by atoms with Crippen molar-refractivity contribution in [2.45, 2.75) is 20.3 Å². The number of hydrogen-bond acceptors (Lipinski definition) is 4. The van der Waals surface area contributed by atoms with Gasteiger partial charge < -0.3 is 10.1 Å². The molecule has 1 amide bonds. The van der Waals surface area contributed by atoms with Crippen molar-refractivity contribution in [1.82, 2.24) is 9.97 Å². The number of nitrogens with one attached hydrogen (secondary N) is 1. The molecule has 5 heteroatoms. The third kappa shape index (κ3) is 5.57. The highest BCUT2D eigenvalue weighted by Gasteiger charge is 2.14. The van der Waals surface area contributed by atoms with E-state index >= 15 is 0 Å². The maximum Gasteiger partial charge on any atom is 0.255 e. The molecule has 5 nitrogen and oxygen atoms in total. The number of carbonyl (C=O) groups is 1. The molecule has 0 radical (unpaired) electrons. The van der Waals surface area contributed by atoms with Crippen LogP contribution in [0.2, 0.25) is 0 Å². The van der Waals surface area contributed by atoms with Crippen LogP contribution < -0.4 is 10.1 Å². The summed E-state index contributed by atoms with van der Waals surface area (Å²) in [5.41, 5.74) is 7.12. The molecule has 2 heterocycles. The summed E-state index contributed by atoms with van der Waals surface area (Å²) in [6.45, 7) is 4.02. The number of aryl methyl sites for hydroxylation is 2. The fourth-order valence-corrected chi connectivity index (χ4v) is 4.10. The zero-order valence-corrected chi connectivity index (χ0v) is 20.8. The fourth-order valence-electron chi connectivity index (χ4n) is 4.10. The molecule has 0 bridgehead atoms. The van der Waals surface area contributed by atoms with Crippen molar-refractivity contribution >= 4 is 11.6 Å². The van der Waals surface area contributed by atoms with Gasteiger partial charge in [-0.2, -0.15) is 0 Å². The summed E-state index contributed by atoms with van der Waals surface area (Å²) >= 11 is 0. The molecule has 0 fully saturated rings. The maximum atomic E-state index is 13.1. The predicted molar refractivity (Wildman–Crippen MR) is 148 cm³/mol. The summed E-state index contributed by atoms with van der Waals surface area (Å²) in [4.78, 5) is 22.0. The summed E-state index contributed by atoms with van der Waals surface area (Å²) < 4.78 is 6.27. The molecule has 0 saturated heterocycles. The Balaban J connectivity index is 1.39. The average molecular weight is 486 g/mol. The van der Waals surface area contributed by atoms with Crippen LogP contribution >= 0.6 is 0 Å². The van der Waals surface area contributed by atoms with Crippen LogP contribution in [0.4, 0.5) is 5.69 Å². The van der Waals surface area contributed by atoms with Gasteiger partial charge in [0.2, 0.25) is 5.88 Å². The van der Waals surface area contributed by atoms with Gasteiger partial charge in [-0.25, -0.2) is 4.98 Å². The van der Waals surface area contributed by atoms with Crippen LogP contribution in [0.1, 0.15) is 28.5 Å². The van der Waals surface area contributed by atoms with Crippen molar-refractivity contribution in [3.8, 4) is 33.9 Å². The van der Waals surface area contributed by atoms with E-state index in [1.165, 1.54) is 0 Å². The van der Waals surface area contributed by atoms with Crippen molar-refractivity contribution < 1.29 is 9.53 Å². The van der Waals surface area contributed by atoms with E-state index in [0.717, 1.165) is 45.6 Å². The molecule has 5 rings (SSSR count). The molecule has 0 atom stereocenters. The van der Waals surface area contributed by atoms with Crippen LogP contribution in [0, 0.1) is 6.92 Å². The number of ether oxygens (including phenoxy) is 1. The smallest absolute Gasteiger partial charge is 0.255 e. The zero-order valence-electron chi connectivity index (χ0n) is 20.8. The number of rotatable bonds is 7. The lowest BCUT2D eigenvalue weighted by Crippen LogP contribution is -2.12. The Labute approximate surface area is 216 Å². The second kappa shape index (κ2) is 10.9. The van der Waals surface area contributed by atoms with E-state index in [1.807, 2.05) is 91.9 Å². The predicted octanol–water partition coefficient (Wildman–Crippen LogP) is 7.73. The Bertz CT molecular complexity index is 1550. The lowest BCUT2D eigenvalue weighted by atomic mass is 10.1. The second-order valence-corrected chi connectivity index (χ2v) is 8.73. The molecular formula is C32H27N3O2. The number of anilines is 1. The highest BCUT2D eigenvalue weighted by molar-refractivity contribution is 6.04. The minimum absolute atomic E-state index is 0.210. The van der Waals surface area contributed by atoms with E-state index in [9.17, 15) is 4.79 Å². The topological polar surface area (TPSA) is 64.1 Å². The van der Waals surface area contributed by atoms with E-state index in [4.69, 9.17) is 4.74 Å². The van der Waals surface area contributed by atoms with Gasteiger partial charge in [0.1, 0.15) is 5.75 Å². The van der Waals surface area contributed by atoms with Crippen LogP contribution in [0.5, 0.6) is 11.6 Å². The number of nitrogens with zero attached hydrogens (tertiary/aromatic N) is 2. The summed E-state index contributed by atoms with van der Waals surface area (Å²) in [6, 6.07) is 31.2. The summed E-state index contributed by atoms with van der Waals surface area (Å²) in [5.74, 6) is 0.848. The van der Waals surface area contributed by atoms with Gasteiger partial charge in [-0.1, -0.05) is 55.5 Å². The van der Waals surface area contributed by atoms with Crippen LogP contribution in [0.3, 0.4) is 0 Å². The Morgan fingerprint density at radius 1 is 0.784 bits per heavy atom. The van der Waals surface area contributed by atoms with E-state index < -0.39 is 0 Å². The largest absolute Gasteiger partial charge is 0.438 e. The van der Waals surface area contributed by atoms with Crippen molar-refractivity contribution in [3.05, 3.63) is 126 Å². The molecule has 0 aliphatic rings. The number of benzene rings is 3. The Morgan fingerprint density at radius 3 is 2.46 bits per heavy atom. The third-order valence-corrected chi connectivity index (χ3v) is 6.15. The van der Waals surface area contributed by atoms with Crippen LogP contribution in [-0.4, -0.2) is 15.9 Å². The van der Waals surface area contributed by atoms with Crippen molar-refractivity contribution in [3.63, 3.8) is 0 Å². The van der Waals surface area contributed by atoms with Crippen molar-refractivity contribution in [2.24, 2.45) is 0 Å². The molecule has 37 heavy (non-hydrogen) atoms. The Kier molecular flexibility index (Phi) is 7.04.